The molecule has 106 valence electrons. The van der Waals surface area contributed by atoms with Gasteiger partial charge in [-0.15, -0.1) is 0 Å². The van der Waals surface area contributed by atoms with Crippen molar-refractivity contribution in [1.29, 1.82) is 5.26 Å². The number of rotatable bonds is 4. The molecule has 1 aliphatic rings. The van der Waals surface area contributed by atoms with E-state index in [0.29, 0.717) is 17.4 Å². The highest BCUT2D eigenvalue weighted by atomic mass is 16.5. The standard InChI is InChI=1S/C18H18N2O/c1-21-18-10-13(6-7-15(18)11-19)12-20-17-9-8-14-4-2-3-5-16(14)17/h2-7,10,17,20H,8-9,12H2,1H3. The SMILES string of the molecule is COc1cc(CNC2CCc3ccccc32)ccc1C#N. The lowest BCUT2D eigenvalue weighted by atomic mass is 10.1. The summed E-state index contributed by atoms with van der Waals surface area (Å²) in [5.74, 6) is 0.642. The second kappa shape index (κ2) is 5.99. The lowest BCUT2D eigenvalue weighted by Gasteiger charge is -2.14. The molecule has 0 saturated carbocycles. The van der Waals surface area contributed by atoms with Gasteiger partial charge in [0.15, 0.2) is 0 Å². The Hall–Kier alpha value is -2.31. The largest absolute Gasteiger partial charge is 0.495 e. The van der Waals surface area contributed by atoms with E-state index in [0.717, 1.165) is 24.9 Å². The van der Waals surface area contributed by atoms with E-state index in [-0.39, 0.29) is 0 Å². The van der Waals surface area contributed by atoms with Crippen LogP contribution < -0.4 is 10.1 Å². The van der Waals surface area contributed by atoms with Crippen molar-refractivity contribution in [3.05, 3.63) is 64.7 Å². The second-order valence-electron chi connectivity index (χ2n) is 5.32. The summed E-state index contributed by atoms with van der Waals surface area (Å²) in [5, 5.41) is 12.6. The van der Waals surface area contributed by atoms with Gasteiger partial charge in [-0.3, -0.25) is 0 Å². The topological polar surface area (TPSA) is 45.0 Å². The first kappa shape index (κ1) is 13.7. The van der Waals surface area contributed by atoms with Crippen molar-refractivity contribution >= 4 is 0 Å². The van der Waals surface area contributed by atoms with Crippen LogP contribution in [0.25, 0.3) is 0 Å². The maximum Gasteiger partial charge on any atom is 0.136 e. The van der Waals surface area contributed by atoms with Crippen LogP contribution in [0.2, 0.25) is 0 Å². The molecule has 21 heavy (non-hydrogen) atoms. The Balaban J connectivity index is 1.71. The molecule has 0 fully saturated rings. The van der Waals surface area contributed by atoms with Crippen LogP contribution in [0.3, 0.4) is 0 Å². The highest BCUT2D eigenvalue weighted by molar-refractivity contribution is 5.45. The van der Waals surface area contributed by atoms with Gasteiger partial charge in [-0.05, 0) is 41.7 Å². The van der Waals surface area contributed by atoms with Crippen molar-refractivity contribution < 1.29 is 4.74 Å². The first-order valence-corrected chi connectivity index (χ1v) is 7.20. The van der Waals surface area contributed by atoms with Crippen LogP contribution in [0.4, 0.5) is 0 Å². The van der Waals surface area contributed by atoms with Crippen LogP contribution >= 0.6 is 0 Å². The summed E-state index contributed by atoms with van der Waals surface area (Å²) in [4.78, 5) is 0. The summed E-state index contributed by atoms with van der Waals surface area (Å²) in [5.41, 5.74) is 4.58. The first-order chi connectivity index (χ1) is 10.3. The third-order valence-electron chi connectivity index (χ3n) is 4.07. The van der Waals surface area contributed by atoms with Crippen molar-refractivity contribution in [1.82, 2.24) is 5.32 Å². The van der Waals surface area contributed by atoms with Crippen molar-refractivity contribution in [2.24, 2.45) is 0 Å². The van der Waals surface area contributed by atoms with E-state index in [9.17, 15) is 0 Å². The predicted molar refractivity (Wildman–Crippen MR) is 82.1 cm³/mol. The van der Waals surface area contributed by atoms with E-state index in [2.05, 4.69) is 35.7 Å². The fourth-order valence-electron chi connectivity index (χ4n) is 2.95. The Morgan fingerprint density at radius 2 is 2.14 bits per heavy atom. The minimum atomic E-state index is 0.419. The first-order valence-electron chi connectivity index (χ1n) is 7.20. The molecular weight excluding hydrogens is 260 g/mol. The minimum absolute atomic E-state index is 0.419. The Labute approximate surface area is 125 Å². The van der Waals surface area contributed by atoms with Gasteiger partial charge in [0.25, 0.3) is 0 Å². The van der Waals surface area contributed by atoms with E-state index < -0.39 is 0 Å². The monoisotopic (exact) mass is 278 g/mol. The third kappa shape index (κ3) is 2.76. The van der Waals surface area contributed by atoms with Crippen LogP contribution in [-0.4, -0.2) is 7.11 Å². The minimum Gasteiger partial charge on any atom is -0.495 e. The fourth-order valence-corrected chi connectivity index (χ4v) is 2.95. The van der Waals surface area contributed by atoms with Crippen LogP contribution in [0.1, 0.15) is 34.7 Å². The summed E-state index contributed by atoms with van der Waals surface area (Å²) in [6, 6.07) is 16.9. The molecule has 0 aromatic heterocycles. The quantitative estimate of drug-likeness (QED) is 0.933. The van der Waals surface area contributed by atoms with Gasteiger partial charge in [0, 0.05) is 12.6 Å². The molecule has 3 heteroatoms. The summed E-state index contributed by atoms with van der Waals surface area (Å²) >= 11 is 0. The Morgan fingerprint density at radius 3 is 2.95 bits per heavy atom. The molecule has 0 radical (unpaired) electrons. The van der Waals surface area contributed by atoms with Gasteiger partial charge >= 0.3 is 0 Å². The van der Waals surface area contributed by atoms with Crippen LogP contribution in [-0.2, 0) is 13.0 Å². The Bertz CT molecular complexity index is 688. The molecule has 2 aromatic carbocycles. The van der Waals surface area contributed by atoms with Crippen LogP contribution in [0.5, 0.6) is 5.75 Å². The smallest absolute Gasteiger partial charge is 0.136 e. The molecule has 1 unspecified atom stereocenters. The second-order valence-corrected chi connectivity index (χ2v) is 5.32. The predicted octanol–water partition coefficient (Wildman–Crippen LogP) is 3.34. The number of benzene rings is 2. The number of aryl methyl sites for hydroxylation is 1. The highest BCUT2D eigenvalue weighted by Gasteiger charge is 2.21. The van der Waals surface area contributed by atoms with E-state index >= 15 is 0 Å². The van der Waals surface area contributed by atoms with E-state index in [1.807, 2.05) is 18.2 Å². The summed E-state index contributed by atoms with van der Waals surface area (Å²) < 4.78 is 5.25. The zero-order chi connectivity index (χ0) is 14.7. The molecule has 0 spiro atoms. The molecule has 3 rings (SSSR count). The molecule has 0 heterocycles. The summed E-state index contributed by atoms with van der Waals surface area (Å²) in [6.07, 6.45) is 2.29. The van der Waals surface area contributed by atoms with Gasteiger partial charge in [-0.25, -0.2) is 0 Å². The summed E-state index contributed by atoms with van der Waals surface area (Å²) in [7, 11) is 1.60. The molecule has 0 aliphatic heterocycles. The van der Waals surface area contributed by atoms with Crippen LogP contribution in [0, 0.1) is 11.3 Å². The molecular formula is C18H18N2O. The van der Waals surface area contributed by atoms with Crippen molar-refractivity contribution in [3.63, 3.8) is 0 Å². The van der Waals surface area contributed by atoms with Gasteiger partial charge in [0.2, 0.25) is 0 Å². The number of nitrogens with one attached hydrogen (secondary N) is 1. The average molecular weight is 278 g/mol. The molecule has 3 nitrogen and oxygen atoms in total. The number of hydrogen-bond acceptors (Lipinski definition) is 3. The van der Waals surface area contributed by atoms with Crippen molar-refractivity contribution in [3.8, 4) is 11.8 Å². The fraction of sp³-hybridized carbons (Fsp3) is 0.278. The van der Waals surface area contributed by atoms with Crippen LogP contribution in [0.15, 0.2) is 42.5 Å². The third-order valence-corrected chi connectivity index (χ3v) is 4.07. The zero-order valence-corrected chi connectivity index (χ0v) is 12.1. The number of nitriles is 1. The summed E-state index contributed by atoms with van der Waals surface area (Å²) in [6.45, 7) is 0.779. The molecule has 1 aliphatic carbocycles. The maximum absolute atomic E-state index is 9.01. The van der Waals surface area contributed by atoms with Gasteiger partial charge in [0.1, 0.15) is 11.8 Å². The Morgan fingerprint density at radius 1 is 1.29 bits per heavy atom. The molecule has 0 amide bonds. The van der Waals surface area contributed by atoms with E-state index in [1.165, 1.54) is 11.1 Å². The van der Waals surface area contributed by atoms with Crippen molar-refractivity contribution in [2.75, 3.05) is 7.11 Å². The lowest BCUT2D eigenvalue weighted by molar-refractivity contribution is 0.412. The molecule has 2 aromatic rings. The lowest BCUT2D eigenvalue weighted by Crippen LogP contribution is -2.18. The van der Waals surface area contributed by atoms with Gasteiger partial charge in [0.05, 0.1) is 12.7 Å². The van der Waals surface area contributed by atoms with Gasteiger partial charge in [-0.1, -0.05) is 30.3 Å². The number of nitrogens with zero attached hydrogens (tertiary/aromatic N) is 1. The number of ether oxygens (including phenoxy) is 1. The number of fused-ring (bicyclic) bond motifs is 1. The maximum atomic E-state index is 9.01. The molecule has 1 N–H and O–H groups in total. The van der Waals surface area contributed by atoms with Crippen molar-refractivity contribution in [2.45, 2.75) is 25.4 Å². The molecule has 1 atom stereocenters. The number of methoxy groups -OCH3 is 1. The van der Waals surface area contributed by atoms with E-state index in [1.54, 1.807) is 7.11 Å². The zero-order valence-electron chi connectivity index (χ0n) is 12.1. The normalized spacial score (nSPS) is 16.3. The molecule has 0 saturated heterocycles. The number of hydrogen-bond donors (Lipinski definition) is 1. The average Bonchev–Trinajstić information content (AvgIpc) is 2.96. The molecule has 0 bridgehead atoms. The Kier molecular flexibility index (Phi) is 3.89. The highest BCUT2D eigenvalue weighted by Crippen LogP contribution is 2.31. The van der Waals surface area contributed by atoms with Gasteiger partial charge < -0.3 is 10.1 Å². The van der Waals surface area contributed by atoms with Gasteiger partial charge in [-0.2, -0.15) is 5.26 Å². The van der Waals surface area contributed by atoms with E-state index in [4.69, 9.17) is 10.00 Å².